The van der Waals surface area contributed by atoms with E-state index < -0.39 is 0 Å². The van der Waals surface area contributed by atoms with Gasteiger partial charge < -0.3 is 10.2 Å². The van der Waals surface area contributed by atoms with Gasteiger partial charge in [-0.15, -0.1) is 11.3 Å². The fourth-order valence-electron chi connectivity index (χ4n) is 3.26. The Morgan fingerprint density at radius 1 is 1.45 bits per heavy atom. The Balaban J connectivity index is 1.61. The summed E-state index contributed by atoms with van der Waals surface area (Å²) in [5.74, 6) is 1.59. The first kappa shape index (κ1) is 14.1. The molecule has 2 aliphatic rings. The number of thiophene rings is 1. The van der Waals surface area contributed by atoms with Gasteiger partial charge in [0.05, 0.1) is 0 Å². The predicted octanol–water partition coefficient (Wildman–Crippen LogP) is 2.84. The fourth-order valence-corrected chi connectivity index (χ4v) is 4.10. The second kappa shape index (κ2) is 6.27. The molecule has 0 bridgehead atoms. The van der Waals surface area contributed by atoms with E-state index in [4.69, 9.17) is 0 Å². The molecule has 2 unspecified atom stereocenters. The van der Waals surface area contributed by atoms with Gasteiger partial charge in [-0.05, 0) is 43.2 Å². The number of hydrogen-bond acceptors (Lipinski definition) is 3. The summed E-state index contributed by atoms with van der Waals surface area (Å²) in [6.07, 6.45) is 5.32. The van der Waals surface area contributed by atoms with Crippen LogP contribution in [0.3, 0.4) is 0 Å². The lowest BCUT2D eigenvalue weighted by atomic mass is 9.85. The molecule has 1 aliphatic carbocycles. The van der Waals surface area contributed by atoms with E-state index in [9.17, 15) is 4.79 Å². The van der Waals surface area contributed by atoms with Crippen LogP contribution >= 0.6 is 11.3 Å². The SMILES string of the molecule is CC(=O)N1CC(NCC2CCC2)CC(c2cccs2)C1. The van der Waals surface area contributed by atoms with Gasteiger partial charge in [-0.2, -0.15) is 0 Å². The van der Waals surface area contributed by atoms with E-state index in [0.717, 1.165) is 32.0 Å². The average Bonchev–Trinajstić information content (AvgIpc) is 2.90. The standard InChI is InChI=1S/C16H24N2OS/c1-12(19)18-10-14(16-6-3-7-20-16)8-15(11-18)17-9-13-4-2-5-13/h3,6-7,13-15,17H,2,4-5,8-11H2,1H3. The number of carbonyl (C=O) groups excluding carboxylic acids is 1. The van der Waals surface area contributed by atoms with Crippen molar-refractivity contribution in [3.05, 3.63) is 22.4 Å². The summed E-state index contributed by atoms with van der Waals surface area (Å²) in [6.45, 7) is 4.59. The summed E-state index contributed by atoms with van der Waals surface area (Å²) in [7, 11) is 0. The summed E-state index contributed by atoms with van der Waals surface area (Å²) in [6, 6.07) is 4.78. The van der Waals surface area contributed by atoms with Crippen LogP contribution in [0.1, 0.15) is 43.4 Å². The quantitative estimate of drug-likeness (QED) is 0.925. The molecule has 3 nitrogen and oxygen atoms in total. The molecule has 4 heteroatoms. The number of piperidine rings is 1. The molecule has 1 aromatic heterocycles. The van der Waals surface area contributed by atoms with E-state index in [1.807, 2.05) is 16.2 Å². The first-order valence-electron chi connectivity index (χ1n) is 7.74. The average molecular weight is 292 g/mol. The molecule has 2 fully saturated rings. The van der Waals surface area contributed by atoms with E-state index in [2.05, 4.69) is 22.8 Å². The van der Waals surface area contributed by atoms with Gasteiger partial charge in [0, 0.05) is 36.9 Å². The number of hydrogen-bond donors (Lipinski definition) is 1. The maximum atomic E-state index is 11.8. The fraction of sp³-hybridized carbons (Fsp3) is 0.688. The third-order valence-corrected chi connectivity index (χ3v) is 5.80. The van der Waals surface area contributed by atoms with E-state index in [0.29, 0.717) is 12.0 Å². The van der Waals surface area contributed by atoms with Gasteiger partial charge in [-0.3, -0.25) is 4.79 Å². The molecule has 3 rings (SSSR count). The van der Waals surface area contributed by atoms with Gasteiger partial charge in [0.15, 0.2) is 0 Å². The summed E-state index contributed by atoms with van der Waals surface area (Å²) in [5, 5.41) is 5.85. The summed E-state index contributed by atoms with van der Waals surface area (Å²) < 4.78 is 0. The van der Waals surface area contributed by atoms with E-state index in [1.54, 1.807) is 6.92 Å². The van der Waals surface area contributed by atoms with Crippen molar-refractivity contribution in [3.63, 3.8) is 0 Å². The summed E-state index contributed by atoms with van der Waals surface area (Å²) >= 11 is 1.82. The normalized spacial score (nSPS) is 27.4. The number of carbonyl (C=O) groups is 1. The summed E-state index contributed by atoms with van der Waals surface area (Å²) in [4.78, 5) is 15.2. The molecule has 1 saturated carbocycles. The third-order valence-electron chi connectivity index (χ3n) is 4.76. The highest BCUT2D eigenvalue weighted by Crippen LogP contribution is 2.31. The minimum absolute atomic E-state index is 0.210. The van der Waals surface area contributed by atoms with Gasteiger partial charge in [0.2, 0.25) is 5.91 Å². The van der Waals surface area contributed by atoms with Crippen LogP contribution in [0.2, 0.25) is 0 Å². The van der Waals surface area contributed by atoms with Gasteiger partial charge in [-0.1, -0.05) is 12.5 Å². The van der Waals surface area contributed by atoms with Crippen LogP contribution in [0.15, 0.2) is 17.5 Å². The maximum Gasteiger partial charge on any atom is 0.219 e. The molecular formula is C16H24N2OS. The van der Waals surface area contributed by atoms with E-state index in [-0.39, 0.29) is 5.91 Å². The van der Waals surface area contributed by atoms with Crippen LogP contribution in [0, 0.1) is 5.92 Å². The molecule has 1 aliphatic heterocycles. The van der Waals surface area contributed by atoms with Crippen molar-refractivity contribution in [1.29, 1.82) is 0 Å². The Morgan fingerprint density at radius 2 is 2.30 bits per heavy atom. The zero-order chi connectivity index (χ0) is 13.9. The molecule has 1 saturated heterocycles. The molecule has 1 aromatic rings. The van der Waals surface area contributed by atoms with E-state index >= 15 is 0 Å². The monoisotopic (exact) mass is 292 g/mol. The van der Waals surface area contributed by atoms with Gasteiger partial charge >= 0.3 is 0 Å². The molecule has 1 amide bonds. The van der Waals surface area contributed by atoms with Crippen molar-refractivity contribution >= 4 is 17.2 Å². The molecule has 0 spiro atoms. The van der Waals surface area contributed by atoms with Gasteiger partial charge in [-0.25, -0.2) is 0 Å². The van der Waals surface area contributed by atoms with Crippen LogP contribution in [-0.2, 0) is 4.79 Å². The molecule has 2 atom stereocenters. The number of likely N-dealkylation sites (tertiary alicyclic amines) is 1. The van der Waals surface area contributed by atoms with Crippen molar-refractivity contribution in [1.82, 2.24) is 10.2 Å². The second-order valence-electron chi connectivity index (χ2n) is 6.27. The Hall–Kier alpha value is -0.870. The Morgan fingerprint density at radius 3 is 2.90 bits per heavy atom. The predicted molar refractivity (Wildman–Crippen MR) is 83.1 cm³/mol. The molecule has 0 radical (unpaired) electrons. The largest absolute Gasteiger partial charge is 0.341 e. The number of amides is 1. The van der Waals surface area contributed by atoms with Crippen LogP contribution < -0.4 is 5.32 Å². The minimum Gasteiger partial charge on any atom is -0.341 e. The first-order chi connectivity index (χ1) is 9.72. The molecule has 2 heterocycles. The zero-order valence-electron chi connectivity index (χ0n) is 12.2. The smallest absolute Gasteiger partial charge is 0.219 e. The Kier molecular flexibility index (Phi) is 4.41. The molecule has 20 heavy (non-hydrogen) atoms. The van der Waals surface area contributed by atoms with E-state index in [1.165, 1.54) is 24.1 Å². The second-order valence-corrected chi connectivity index (χ2v) is 7.25. The van der Waals surface area contributed by atoms with Gasteiger partial charge in [0.1, 0.15) is 0 Å². The van der Waals surface area contributed by atoms with Crippen LogP contribution in [0.25, 0.3) is 0 Å². The van der Waals surface area contributed by atoms with Crippen molar-refractivity contribution in [3.8, 4) is 0 Å². The zero-order valence-corrected chi connectivity index (χ0v) is 13.0. The number of rotatable bonds is 4. The highest BCUT2D eigenvalue weighted by molar-refractivity contribution is 7.10. The Labute approximate surface area is 125 Å². The molecule has 0 aromatic carbocycles. The van der Waals surface area contributed by atoms with Gasteiger partial charge in [0.25, 0.3) is 0 Å². The lowest BCUT2D eigenvalue weighted by Gasteiger charge is -2.38. The van der Waals surface area contributed by atoms with Crippen molar-refractivity contribution in [2.45, 2.75) is 44.6 Å². The third kappa shape index (κ3) is 3.23. The lowest BCUT2D eigenvalue weighted by molar-refractivity contribution is -0.130. The highest BCUT2D eigenvalue weighted by Gasteiger charge is 2.30. The maximum absolute atomic E-state index is 11.8. The minimum atomic E-state index is 0.210. The Bertz CT molecular complexity index is 441. The van der Waals surface area contributed by atoms with Crippen LogP contribution in [0.4, 0.5) is 0 Å². The highest BCUT2D eigenvalue weighted by atomic mass is 32.1. The molecular weight excluding hydrogens is 268 g/mol. The van der Waals surface area contributed by atoms with Crippen LogP contribution in [-0.4, -0.2) is 36.5 Å². The first-order valence-corrected chi connectivity index (χ1v) is 8.62. The van der Waals surface area contributed by atoms with Crippen molar-refractivity contribution in [2.75, 3.05) is 19.6 Å². The molecule has 1 N–H and O–H groups in total. The van der Waals surface area contributed by atoms with Crippen LogP contribution in [0.5, 0.6) is 0 Å². The number of nitrogens with zero attached hydrogens (tertiary/aromatic N) is 1. The topological polar surface area (TPSA) is 32.3 Å². The summed E-state index contributed by atoms with van der Waals surface area (Å²) in [5.41, 5.74) is 0. The molecule has 110 valence electrons. The lowest BCUT2D eigenvalue weighted by Crippen LogP contribution is -2.51. The number of nitrogens with one attached hydrogen (secondary N) is 1. The van der Waals surface area contributed by atoms with Crippen molar-refractivity contribution in [2.24, 2.45) is 5.92 Å². The van der Waals surface area contributed by atoms with Crippen molar-refractivity contribution < 1.29 is 4.79 Å².